The van der Waals surface area contributed by atoms with Crippen molar-refractivity contribution in [2.45, 2.75) is 19.3 Å². The van der Waals surface area contributed by atoms with Crippen LogP contribution in [0.15, 0.2) is 4.42 Å². The molecule has 0 saturated carbocycles. The predicted molar refractivity (Wildman–Crippen MR) is 33.0 cm³/mol. The van der Waals surface area contributed by atoms with Gasteiger partial charge in [-0.05, 0) is 6.92 Å². The Labute approximate surface area is 61.4 Å². The van der Waals surface area contributed by atoms with Crippen molar-refractivity contribution in [1.82, 2.24) is 10.2 Å². The Morgan fingerprint density at radius 1 is 1.55 bits per heavy atom. The highest BCUT2D eigenvalue weighted by Crippen LogP contribution is 2.17. The fourth-order valence-corrected chi connectivity index (χ4v) is 0.604. The molecule has 1 aromatic rings. The molecule has 0 saturated heterocycles. The van der Waals surface area contributed by atoms with Crippen LogP contribution < -0.4 is 5.73 Å². The van der Waals surface area contributed by atoms with E-state index in [0.717, 1.165) is 6.92 Å². The Bertz CT molecular complexity index is 242. The van der Waals surface area contributed by atoms with Gasteiger partial charge in [0.1, 0.15) is 0 Å². The molecule has 4 nitrogen and oxygen atoms in total. The van der Waals surface area contributed by atoms with Crippen LogP contribution >= 0.6 is 0 Å². The molecule has 0 radical (unpaired) electrons. The van der Waals surface area contributed by atoms with Crippen LogP contribution in [0.4, 0.5) is 14.8 Å². The third kappa shape index (κ3) is 2.48. The van der Waals surface area contributed by atoms with E-state index in [9.17, 15) is 8.78 Å². The second kappa shape index (κ2) is 2.44. The largest absolute Gasteiger partial charge is 0.408 e. The Kier molecular flexibility index (Phi) is 1.76. The van der Waals surface area contributed by atoms with Gasteiger partial charge in [-0.1, -0.05) is 5.10 Å². The summed E-state index contributed by atoms with van der Waals surface area (Å²) < 4.78 is 29.0. The lowest BCUT2D eigenvalue weighted by molar-refractivity contribution is 0.0164. The number of hydrogen-bond acceptors (Lipinski definition) is 4. The highest BCUT2D eigenvalue weighted by molar-refractivity contribution is 5.05. The number of alkyl halides is 2. The molecule has 62 valence electrons. The first-order valence-corrected chi connectivity index (χ1v) is 2.93. The fourth-order valence-electron chi connectivity index (χ4n) is 0.604. The highest BCUT2D eigenvalue weighted by atomic mass is 19.3. The van der Waals surface area contributed by atoms with Crippen LogP contribution in [0.2, 0.25) is 0 Å². The van der Waals surface area contributed by atoms with Crippen LogP contribution in [-0.2, 0) is 6.42 Å². The average Bonchev–Trinajstić information content (AvgIpc) is 2.10. The normalized spacial score (nSPS) is 11.9. The first-order valence-electron chi connectivity index (χ1n) is 2.93. The minimum atomic E-state index is -2.83. The summed E-state index contributed by atoms with van der Waals surface area (Å²) in [6, 6.07) is -0.191. The Balaban J connectivity index is 2.65. The molecule has 2 N–H and O–H groups in total. The molecule has 11 heavy (non-hydrogen) atoms. The molecule has 6 heteroatoms. The summed E-state index contributed by atoms with van der Waals surface area (Å²) in [6.07, 6.45) is -0.572. The maximum Gasteiger partial charge on any atom is 0.312 e. The second-order valence-corrected chi connectivity index (χ2v) is 2.28. The smallest absolute Gasteiger partial charge is 0.312 e. The monoisotopic (exact) mass is 163 g/mol. The van der Waals surface area contributed by atoms with Gasteiger partial charge in [-0.25, -0.2) is 8.78 Å². The predicted octanol–water partition coefficient (Wildman–Crippen LogP) is 0.849. The number of aromatic nitrogens is 2. The van der Waals surface area contributed by atoms with Crippen molar-refractivity contribution in [3.8, 4) is 0 Å². The molecule has 0 aliphatic rings. The van der Waals surface area contributed by atoms with E-state index < -0.39 is 12.3 Å². The van der Waals surface area contributed by atoms with E-state index in [0.29, 0.717) is 0 Å². The molecule has 0 bridgehead atoms. The van der Waals surface area contributed by atoms with Gasteiger partial charge >= 0.3 is 6.01 Å². The minimum Gasteiger partial charge on any atom is -0.408 e. The zero-order valence-electron chi connectivity index (χ0n) is 5.84. The molecule has 1 aromatic heterocycles. The zero-order valence-corrected chi connectivity index (χ0v) is 5.84. The number of nitrogens with two attached hydrogens (primary N) is 1. The number of nitrogens with zero attached hydrogens (tertiary/aromatic N) is 2. The molecule has 1 rings (SSSR count). The summed E-state index contributed by atoms with van der Waals surface area (Å²) in [6.45, 7) is 0.771. The first kappa shape index (κ1) is 7.90. The summed E-state index contributed by atoms with van der Waals surface area (Å²) in [5.41, 5.74) is 5.01. The van der Waals surface area contributed by atoms with E-state index in [1.54, 1.807) is 0 Å². The molecule has 0 spiro atoms. The van der Waals surface area contributed by atoms with E-state index in [2.05, 4.69) is 14.6 Å². The van der Waals surface area contributed by atoms with Gasteiger partial charge in [0.15, 0.2) is 0 Å². The third-order valence-electron chi connectivity index (χ3n) is 0.944. The van der Waals surface area contributed by atoms with Crippen LogP contribution in [0, 0.1) is 0 Å². The van der Waals surface area contributed by atoms with Crippen LogP contribution in [-0.4, -0.2) is 16.1 Å². The second-order valence-electron chi connectivity index (χ2n) is 2.28. The summed E-state index contributed by atoms with van der Waals surface area (Å²) in [5.74, 6) is -2.98. The van der Waals surface area contributed by atoms with Crippen molar-refractivity contribution in [3.05, 3.63) is 5.89 Å². The van der Waals surface area contributed by atoms with Gasteiger partial charge < -0.3 is 10.2 Å². The Hall–Kier alpha value is -1.20. The van der Waals surface area contributed by atoms with E-state index in [-0.39, 0.29) is 11.9 Å². The van der Waals surface area contributed by atoms with Crippen LogP contribution in [0.25, 0.3) is 0 Å². The Morgan fingerprint density at radius 2 is 2.18 bits per heavy atom. The van der Waals surface area contributed by atoms with E-state index in [1.165, 1.54) is 0 Å². The summed E-state index contributed by atoms with van der Waals surface area (Å²) >= 11 is 0. The van der Waals surface area contributed by atoms with Crippen LogP contribution in [0.5, 0.6) is 0 Å². The van der Waals surface area contributed by atoms with E-state index in [4.69, 9.17) is 5.73 Å². The molecule has 1 heterocycles. The van der Waals surface area contributed by atoms with Gasteiger partial charge in [-0.2, -0.15) is 0 Å². The number of nitrogen functional groups attached to an aromatic ring is 1. The Morgan fingerprint density at radius 3 is 2.55 bits per heavy atom. The standard InChI is InChI=1S/C5H7F2N3O/c1-5(6,7)2-3-9-10-4(8)11-3/h2H2,1H3,(H2,8,10). The van der Waals surface area contributed by atoms with E-state index >= 15 is 0 Å². The van der Waals surface area contributed by atoms with Gasteiger partial charge in [0.25, 0.3) is 5.92 Å². The number of anilines is 1. The quantitative estimate of drug-likeness (QED) is 0.701. The van der Waals surface area contributed by atoms with Crippen molar-refractivity contribution in [2.75, 3.05) is 5.73 Å². The molecule has 0 amide bonds. The summed E-state index contributed by atoms with van der Waals surface area (Å²) in [5, 5.41) is 6.51. The maximum absolute atomic E-state index is 12.2. The van der Waals surface area contributed by atoms with Crippen molar-refractivity contribution >= 4 is 6.01 Å². The highest BCUT2D eigenvalue weighted by Gasteiger charge is 2.24. The number of rotatable bonds is 2. The van der Waals surface area contributed by atoms with Crippen LogP contribution in [0.1, 0.15) is 12.8 Å². The van der Waals surface area contributed by atoms with Gasteiger partial charge in [-0.3, -0.25) is 0 Å². The minimum absolute atomic E-state index is 0.144. The van der Waals surface area contributed by atoms with Gasteiger partial charge in [-0.15, -0.1) is 5.10 Å². The lowest BCUT2D eigenvalue weighted by Crippen LogP contribution is -2.13. The average molecular weight is 163 g/mol. The van der Waals surface area contributed by atoms with Gasteiger partial charge in [0, 0.05) is 0 Å². The molecular weight excluding hydrogens is 156 g/mol. The molecule has 0 aliphatic heterocycles. The SMILES string of the molecule is CC(F)(F)Cc1nnc(N)o1. The van der Waals surface area contributed by atoms with Crippen molar-refractivity contribution in [1.29, 1.82) is 0 Å². The lowest BCUT2D eigenvalue weighted by Gasteiger charge is -2.04. The van der Waals surface area contributed by atoms with E-state index in [1.807, 2.05) is 0 Å². The fraction of sp³-hybridized carbons (Fsp3) is 0.600. The lowest BCUT2D eigenvalue weighted by atomic mass is 10.3. The van der Waals surface area contributed by atoms with Crippen molar-refractivity contribution in [3.63, 3.8) is 0 Å². The molecule has 0 atom stereocenters. The van der Waals surface area contributed by atoms with Crippen molar-refractivity contribution < 1.29 is 13.2 Å². The number of hydrogen-bond donors (Lipinski definition) is 1. The molecular formula is C5H7F2N3O. The molecule has 0 unspecified atom stereocenters. The topological polar surface area (TPSA) is 64.9 Å². The van der Waals surface area contributed by atoms with Crippen LogP contribution in [0.3, 0.4) is 0 Å². The third-order valence-corrected chi connectivity index (χ3v) is 0.944. The first-order chi connectivity index (χ1) is 4.97. The van der Waals surface area contributed by atoms with Gasteiger partial charge in [0.2, 0.25) is 5.89 Å². The maximum atomic E-state index is 12.2. The molecule has 0 aliphatic carbocycles. The van der Waals surface area contributed by atoms with Gasteiger partial charge in [0.05, 0.1) is 6.42 Å². The summed E-state index contributed by atoms with van der Waals surface area (Å²) in [7, 11) is 0. The number of halogens is 2. The van der Waals surface area contributed by atoms with Crippen molar-refractivity contribution in [2.24, 2.45) is 0 Å². The molecule has 0 fully saturated rings. The summed E-state index contributed by atoms with van der Waals surface area (Å²) in [4.78, 5) is 0. The zero-order chi connectivity index (χ0) is 8.48. The molecule has 0 aromatic carbocycles.